The molecule has 1 aliphatic carbocycles. The number of benzene rings is 3. The van der Waals surface area contributed by atoms with Gasteiger partial charge < -0.3 is 20.4 Å². The Hall–Kier alpha value is -3.68. The van der Waals surface area contributed by atoms with Gasteiger partial charge >= 0.3 is 0 Å². The standard InChI is InChI=1S/C30H27ClFN3O3/c31-24-3-1-2-21(28(24)32)16-34-30(37)26-14-22-13-25(22)35(26)27(36)12-18-10-20-8-9-38-29(20)23(11-18)19-6-4-17(15-33)5-7-19/h1-11,22,25-26H,12-16,33H2,(H,34,37)/t22?,25-,26+/m1/s1. The summed E-state index contributed by atoms with van der Waals surface area (Å²) in [6, 6.07) is 18.0. The van der Waals surface area contributed by atoms with Crippen molar-refractivity contribution in [2.45, 2.75) is 44.4 Å². The fourth-order valence-corrected chi connectivity index (χ4v) is 5.78. The van der Waals surface area contributed by atoms with Crippen molar-refractivity contribution in [2.75, 3.05) is 0 Å². The third-order valence-corrected chi connectivity index (χ3v) is 7.94. The van der Waals surface area contributed by atoms with Crippen LogP contribution in [0.15, 0.2) is 71.3 Å². The van der Waals surface area contributed by atoms with Gasteiger partial charge in [-0.25, -0.2) is 4.39 Å². The van der Waals surface area contributed by atoms with Crippen LogP contribution in [-0.4, -0.2) is 28.8 Å². The fourth-order valence-electron chi connectivity index (χ4n) is 5.58. The van der Waals surface area contributed by atoms with E-state index in [1.165, 1.54) is 6.07 Å². The van der Waals surface area contributed by atoms with Gasteiger partial charge in [0.15, 0.2) is 0 Å². The van der Waals surface area contributed by atoms with Crippen molar-refractivity contribution >= 4 is 34.4 Å². The number of amides is 2. The Labute approximate surface area is 224 Å². The van der Waals surface area contributed by atoms with E-state index in [0.29, 0.717) is 24.4 Å². The number of hydrogen-bond acceptors (Lipinski definition) is 4. The van der Waals surface area contributed by atoms with Crippen molar-refractivity contribution in [1.29, 1.82) is 0 Å². The van der Waals surface area contributed by atoms with E-state index in [4.69, 9.17) is 21.8 Å². The number of furan rings is 1. The first-order chi connectivity index (χ1) is 18.4. The molecule has 3 N–H and O–H groups in total. The Morgan fingerprint density at radius 1 is 1.08 bits per heavy atom. The van der Waals surface area contributed by atoms with Gasteiger partial charge in [0, 0.05) is 35.6 Å². The zero-order valence-corrected chi connectivity index (χ0v) is 21.4. The fraction of sp³-hybridized carbons (Fsp3) is 0.267. The quantitative estimate of drug-likeness (QED) is 0.343. The number of rotatable bonds is 7. The summed E-state index contributed by atoms with van der Waals surface area (Å²) in [4.78, 5) is 28.4. The Balaban J connectivity index is 1.21. The van der Waals surface area contributed by atoms with Gasteiger partial charge in [0.05, 0.1) is 17.7 Å². The first kappa shape index (κ1) is 24.6. The summed E-state index contributed by atoms with van der Waals surface area (Å²) >= 11 is 5.86. The van der Waals surface area contributed by atoms with Gasteiger partial charge in [-0.2, -0.15) is 0 Å². The van der Waals surface area contributed by atoms with Crippen LogP contribution >= 0.6 is 11.6 Å². The lowest BCUT2D eigenvalue weighted by Crippen LogP contribution is -2.48. The van der Waals surface area contributed by atoms with Gasteiger partial charge in [-0.3, -0.25) is 9.59 Å². The van der Waals surface area contributed by atoms with Crippen molar-refractivity contribution in [2.24, 2.45) is 11.7 Å². The highest BCUT2D eigenvalue weighted by atomic mass is 35.5. The van der Waals surface area contributed by atoms with Gasteiger partial charge in [0.25, 0.3) is 0 Å². The van der Waals surface area contributed by atoms with Crippen LogP contribution in [0.2, 0.25) is 5.02 Å². The van der Waals surface area contributed by atoms with E-state index in [9.17, 15) is 14.0 Å². The van der Waals surface area contributed by atoms with Gasteiger partial charge in [-0.15, -0.1) is 0 Å². The normalized spacial score (nSPS) is 20.0. The van der Waals surface area contributed by atoms with E-state index >= 15 is 0 Å². The molecule has 4 aromatic rings. The molecule has 38 heavy (non-hydrogen) atoms. The van der Waals surface area contributed by atoms with Crippen LogP contribution in [0.4, 0.5) is 4.39 Å². The summed E-state index contributed by atoms with van der Waals surface area (Å²) in [6.07, 6.45) is 3.36. The number of likely N-dealkylation sites (tertiary alicyclic amines) is 1. The van der Waals surface area contributed by atoms with Crippen molar-refractivity contribution in [3.63, 3.8) is 0 Å². The van der Waals surface area contributed by atoms with Crippen molar-refractivity contribution < 1.29 is 18.4 Å². The largest absolute Gasteiger partial charge is 0.464 e. The summed E-state index contributed by atoms with van der Waals surface area (Å²) < 4.78 is 20.0. The molecule has 0 radical (unpaired) electrons. The molecule has 0 bridgehead atoms. The number of carbonyl (C=O) groups is 2. The first-order valence-electron chi connectivity index (χ1n) is 12.7. The maximum atomic E-state index is 14.3. The molecule has 1 unspecified atom stereocenters. The number of hydrogen-bond donors (Lipinski definition) is 2. The summed E-state index contributed by atoms with van der Waals surface area (Å²) in [6.45, 7) is 0.480. The molecule has 2 fully saturated rings. The molecular weight excluding hydrogens is 505 g/mol. The highest BCUT2D eigenvalue weighted by Crippen LogP contribution is 2.48. The van der Waals surface area contributed by atoms with E-state index in [2.05, 4.69) is 5.32 Å². The smallest absolute Gasteiger partial charge is 0.243 e. The predicted octanol–water partition coefficient (Wildman–Crippen LogP) is 5.20. The van der Waals surface area contributed by atoms with Gasteiger partial charge in [0.2, 0.25) is 11.8 Å². The number of fused-ring (bicyclic) bond motifs is 2. The summed E-state index contributed by atoms with van der Waals surface area (Å²) in [5, 5.41) is 3.73. The molecule has 2 amide bonds. The monoisotopic (exact) mass is 531 g/mol. The van der Waals surface area contributed by atoms with E-state index in [0.717, 1.165) is 39.6 Å². The first-order valence-corrected chi connectivity index (χ1v) is 13.1. The van der Waals surface area contributed by atoms with Crippen molar-refractivity contribution in [1.82, 2.24) is 10.2 Å². The molecule has 1 saturated carbocycles. The van der Waals surface area contributed by atoms with Crippen LogP contribution in [0.3, 0.4) is 0 Å². The highest BCUT2D eigenvalue weighted by Gasteiger charge is 2.55. The average molecular weight is 532 g/mol. The molecule has 1 saturated heterocycles. The zero-order valence-electron chi connectivity index (χ0n) is 20.6. The van der Waals surface area contributed by atoms with E-state index in [1.807, 2.05) is 42.5 Å². The van der Waals surface area contributed by atoms with Crippen LogP contribution in [-0.2, 0) is 29.1 Å². The average Bonchev–Trinajstić information content (AvgIpc) is 3.33. The minimum Gasteiger partial charge on any atom is -0.464 e. The molecule has 6 rings (SSSR count). The molecule has 3 atom stereocenters. The number of nitrogens with zero attached hydrogens (tertiary/aromatic N) is 1. The Morgan fingerprint density at radius 2 is 1.89 bits per heavy atom. The molecule has 6 nitrogen and oxygen atoms in total. The van der Waals surface area contributed by atoms with E-state index in [-0.39, 0.29) is 35.8 Å². The lowest BCUT2D eigenvalue weighted by atomic mass is 9.98. The number of nitrogens with two attached hydrogens (primary N) is 1. The second-order valence-corrected chi connectivity index (χ2v) is 10.5. The summed E-state index contributed by atoms with van der Waals surface area (Å²) in [7, 11) is 0. The maximum absolute atomic E-state index is 14.3. The van der Waals surface area contributed by atoms with Gasteiger partial charge in [-0.05, 0) is 59.7 Å². The van der Waals surface area contributed by atoms with Gasteiger partial charge in [0.1, 0.15) is 17.4 Å². The predicted molar refractivity (Wildman–Crippen MR) is 144 cm³/mol. The number of piperidine rings is 1. The van der Waals surface area contributed by atoms with Crippen LogP contribution in [0, 0.1) is 11.7 Å². The summed E-state index contributed by atoms with van der Waals surface area (Å²) in [5.74, 6) is -0.558. The number of carbonyl (C=O) groups excluding carboxylic acids is 2. The Bertz CT molecular complexity index is 1530. The Kier molecular flexibility index (Phi) is 6.41. The van der Waals surface area contributed by atoms with E-state index < -0.39 is 11.9 Å². The molecule has 1 aliphatic heterocycles. The van der Waals surface area contributed by atoms with Crippen LogP contribution in [0.1, 0.15) is 29.5 Å². The number of halogens is 2. The molecule has 0 spiro atoms. The number of nitrogens with one attached hydrogen (secondary N) is 1. The lowest BCUT2D eigenvalue weighted by Gasteiger charge is -2.27. The maximum Gasteiger partial charge on any atom is 0.243 e. The molecule has 8 heteroatoms. The highest BCUT2D eigenvalue weighted by molar-refractivity contribution is 6.30. The van der Waals surface area contributed by atoms with Gasteiger partial charge in [-0.1, -0.05) is 48.0 Å². The van der Waals surface area contributed by atoms with Crippen LogP contribution in [0.5, 0.6) is 0 Å². The SMILES string of the molecule is NCc1ccc(-c2cc(CC(=O)N3[C@@H]4CC4C[C@H]3C(=O)NCc3cccc(Cl)c3F)cc3ccoc23)cc1. The molecule has 1 aromatic heterocycles. The molecule has 3 aromatic carbocycles. The molecule has 194 valence electrons. The second kappa shape index (κ2) is 9.89. The van der Waals surface area contributed by atoms with Crippen molar-refractivity contribution in [3.05, 3.63) is 94.5 Å². The van der Waals surface area contributed by atoms with Crippen molar-refractivity contribution in [3.8, 4) is 11.1 Å². The minimum atomic E-state index is -0.561. The summed E-state index contributed by atoms with van der Waals surface area (Å²) in [5.41, 5.74) is 10.6. The Morgan fingerprint density at radius 3 is 2.68 bits per heavy atom. The van der Waals surface area contributed by atoms with Crippen LogP contribution in [0.25, 0.3) is 22.1 Å². The molecular formula is C30H27ClFN3O3. The zero-order chi connectivity index (χ0) is 26.4. The molecule has 2 aliphatic rings. The molecule has 2 heterocycles. The minimum absolute atomic E-state index is 0.0138. The van der Waals surface area contributed by atoms with E-state index in [1.54, 1.807) is 23.3 Å². The third kappa shape index (κ3) is 4.57. The van der Waals surface area contributed by atoms with Crippen LogP contribution < -0.4 is 11.1 Å². The topological polar surface area (TPSA) is 88.6 Å². The second-order valence-electron chi connectivity index (χ2n) is 10.1. The third-order valence-electron chi connectivity index (χ3n) is 7.65. The lowest BCUT2D eigenvalue weighted by molar-refractivity contribution is -0.139.